The molecule has 0 atom stereocenters. The number of hydrogen-bond acceptors (Lipinski definition) is 5. The van der Waals surface area contributed by atoms with E-state index in [-0.39, 0.29) is 17.2 Å². The smallest absolute Gasteiger partial charge is 0.250 e. The number of hydrogen-bond donors (Lipinski definition) is 2. The summed E-state index contributed by atoms with van der Waals surface area (Å²) in [5, 5.41) is 8.63. The molecule has 0 bridgehead atoms. The van der Waals surface area contributed by atoms with E-state index in [9.17, 15) is 13.2 Å². The second-order valence-corrected chi connectivity index (χ2v) is 5.61. The van der Waals surface area contributed by atoms with Crippen molar-refractivity contribution >= 4 is 15.7 Å². The number of nitrogens with two attached hydrogens (primary N) is 1. The van der Waals surface area contributed by atoms with Crippen molar-refractivity contribution in [3.63, 3.8) is 0 Å². The van der Waals surface area contributed by atoms with Crippen LogP contribution in [0.15, 0.2) is 17.3 Å². The number of pyridine rings is 1. The first-order valence-corrected chi connectivity index (χ1v) is 6.85. The van der Waals surface area contributed by atoms with Crippen LogP contribution >= 0.6 is 0 Å². The monoisotopic (exact) mass is 258 g/mol. The summed E-state index contributed by atoms with van der Waals surface area (Å²) in [5.74, 6) is -0.662. The van der Waals surface area contributed by atoms with Gasteiger partial charge in [0.25, 0.3) is 5.91 Å². The van der Waals surface area contributed by atoms with Crippen LogP contribution in [0.4, 0.5) is 0 Å². The Labute approximate surface area is 99.4 Å². The molecule has 1 aromatic heterocycles. The zero-order valence-corrected chi connectivity index (χ0v) is 10.2. The molecule has 1 amide bonds. The number of amides is 1. The number of aliphatic hydroxyl groups excluding tert-OH is 1. The van der Waals surface area contributed by atoms with Gasteiger partial charge in [-0.05, 0) is 24.5 Å². The quantitative estimate of drug-likeness (QED) is 0.740. The Bertz CT molecular complexity index is 525. The molecule has 0 aliphatic rings. The Balaban J connectivity index is 3.24. The molecule has 0 spiro atoms. The lowest BCUT2D eigenvalue weighted by Crippen LogP contribution is -2.16. The Morgan fingerprint density at radius 3 is 2.65 bits per heavy atom. The summed E-state index contributed by atoms with van der Waals surface area (Å²) in [7, 11) is -3.42. The fourth-order valence-corrected chi connectivity index (χ4v) is 1.98. The predicted molar refractivity (Wildman–Crippen MR) is 61.3 cm³/mol. The van der Waals surface area contributed by atoms with Gasteiger partial charge < -0.3 is 10.8 Å². The number of carbonyl (C=O) groups is 1. The molecule has 6 nitrogen and oxygen atoms in total. The van der Waals surface area contributed by atoms with E-state index >= 15 is 0 Å². The number of sulfone groups is 1. The van der Waals surface area contributed by atoms with Gasteiger partial charge in [-0.15, -0.1) is 0 Å². The maximum atomic E-state index is 11.3. The topological polar surface area (TPSA) is 110 Å². The molecule has 7 heteroatoms. The lowest BCUT2D eigenvalue weighted by atomic mass is 10.1. The zero-order chi connectivity index (χ0) is 13.1. The standard InChI is InChI=1S/C10H14N2O4S/c1-17(15,16)9-5-7(3-2-4-13)8(6-12-9)10(11)14/h5-6,13H,2-4H2,1H3,(H2,11,14). The highest BCUT2D eigenvalue weighted by Crippen LogP contribution is 2.14. The molecule has 0 radical (unpaired) electrons. The molecule has 0 aromatic carbocycles. The molecule has 1 aromatic rings. The van der Waals surface area contributed by atoms with Gasteiger partial charge in [0.1, 0.15) is 0 Å². The zero-order valence-electron chi connectivity index (χ0n) is 9.38. The second kappa shape index (κ2) is 5.24. The molecule has 17 heavy (non-hydrogen) atoms. The number of primary amides is 1. The average Bonchev–Trinajstić information content (AvgIpc) is 2.24. The maximum absolute atomic E-state index is 11.3. The van der Waals surface area contributed by atoms with E-state index < -0.39 is 15.7 Å². The minimum Gasteiger partial charge on any atom is -0.396 e. The Kier molecular flexibility index (Phi) is 4.19. The highest BCUT2D eigenvalue weighted by molar-refractivity contribution is 7.90. The molecular weight excluding hydrogens is 244 g/mol. The highest BCUT2D eigenvalue weighted by atomic mass is 32.2. The summed E-state index contributed by atoms with van der Waals surface area (Å²) < 4.78 is 22.6. The average molecular weight is 258 g/mol. The Morgan fingerprint density at radius 1 is 1.53 bits per heavy atom. The summed E-state index contributed by atoms with van der Waals surface area (Å²) in [4.78, 5) is 14.8. The van der Waals surface area contributed by atoms with Crippen LogP contribution in [0.25, 0.3) is 0 Å². The summed E-state index contributed by atoms with van der Waals surface area (Å²) in [5.41, 5.74) is 5.83. The van der Waals surface area contributed by atoms with Gasteiger partial charge in [0, 0.05) is 19.1 Å². The second-order valence-electron chi connectivity index (χ2n) is 3.64. The van der Waals surface area contributed by atoms with Crippen molar-refractivity contribution in [1.29, 1.82) is 0 Å². The number of carbonyl (C=O) groups excluding carboxylic acids is 1. The molecule has 94 valence electrons. The van der Waals surface area contributed by atoms with Gasteiger partial charge in [0.05, 0.1) is 5.56 Å². The van der Waals surface area contributed by atoms with Crippen LogP contribution < -0.4 is 5.73 Å². The van der Waals surface area contributed by atoms with E-state index in [1.807, 2.05) is 0 Å². The van der Waals surface area contributed by atoms with E-state index in [1.165, 1.54) is 6.07 Å². The molecule has 0 aliphatic carbocycles. The number of nitrogens with zero attached hydrogens (tertiary/aromatic N) is 1. The maximum Gasteiger partial charge on any atom is 0.250 e. The van der Waals surface area contributed by atoms with Crippen molar-refractivity contribution in [2.24, 2.45) is 5.73 Å². The minimum absolute atomic E-state index is 0.0469. The lowest BCUT2D eigenvalue weighted by Gasteiger charge is -2.07. The van der Waals surface area contributed by atoms with Gasteiger partial charge in [-0.3, -0.25) is 4.79 Å². The molecule has 0 unspecified atom stereocenters. The van der Waals surface area contributed by atoms with Crippen molar-refractivity contribution in [3.05, 3.63) is 23.4 Å². The van der Waals surface area contributed by atoms with Gasteiger partial charge >= 0.3 is 0 Å². The summed E-state index contributed by atoms with van der Waals surface area (Å²) in [6.07, 6.45) is 2.99. The first-order valence-electron chi connectivity index (χ1n) is 4.96. The van der Waals surface area contributed by atoms with Crippen molar-refractivity contribution in [1.82, 2.24) is 4.98 Å². The van der Waals surface area contributed by atoms with Crippen LogP contribution in [0, 0.1) is 0 Å². The highest BCUT2D eigenvalue weighted by Gasteiger charge is 2.15. The lowest BCUT2D eigenvalue weighted by molar-refractivity contribution is 0.0998. The van der Waals surface area contributed by atoms with Crippen LogP contribution in [0.5, 0.6) is 0 Å². The fraction of sp³-hybridized carbons (Fsp3) is 0.400. The predicted octanol–water partition coefficient (Wildman–Crippen LogP) is -0.491. The summed E-state index contributed by atoms with van der Waals surface area (Å²) in [6.45, 7) is -0.0469. The molecule has 0 saturated heterocycles. The molecule has 1 heterocycles. The van der Waals surface area contributed by atoms with Crippen molar-refractivity contribution in [3.8, 4) is 0 Å². The fourth-order valence-electron chi connectivity index (χ4n) is 1.38. The van der Waals surface area contributed by atoms with E-state index in [0.29, 0.717) is 18.4 Å². The van der Waals surface area contributed by atoms with E-state index in [1.54, 1.807) is 0 Å². The van der Waals surface area contributed by atoms with Crippen molar-refractivity contribution < 1.29 is 18.3 Å². The normalized spacial score (nSPS) is 11.4. The number of rotatable bonds is 5. The minimum atomic E-state index is -3.42. The number of aliphatic hydroxyl groups is 1. The third-order valence-corrected chi connectivity index (χ3v) is 3.20. The molecule has 0 fully saturated rings. The van der Waals surface area contributed by atoms with E-state index in [0.717, 1.165) is 12.5 Å². The van der Waals surface area contributed by atoms with Gasteiger partial charge in [0.2, 0.25) is 0 Å². The van der Waals surface area contributed by atoms with Gasteiger partial charge in [-0.2, -0.15) is 0 Å². The first kappa shape index (κ1) is 13.6. The van der Waals surface area contributed by atoms with E-state index in [4.69, 9.17) is 10.8 Å². The number of aromatic nitrogens is 1. The molecule has 3 N–H and O–H groups in total. The Morgan fingerprint density at radius 2 is 2.18 bits per heavy atom. The van der Waals surface area contributed by atoms with Gasteiger partial charge in [-0.1, -0.05) is 0 Å². The van der Waals surface area contributed by atoms with Crippen LogP contribution in [0.3, 0.4) is 0 Å². The van der Waals surface area contributed by atoms with E-state index in [2.05, 4.69) is 4.98 Å². The SMILES string of the molecule is CS(=O)(=O)c1cc(CCCO)c(C(N)=O)cn1. The third-order valence-electron chi connectivity index (χ3n) is 2.21. The number of aryl methyl sites for hydroxylation is 1. The largest absolute Gasteiger partial charge is 0.396 e. The summed E-state index contributed by atoms with van der Waals surface area (Å²) >= 11 is 0. The van der Waals surface area contributed by atoms with Crippen LogP contribution in [0.1, 0.15) is 22.3 Å². The third kappa shape index (κ3) is 3.50. The molecule has 1 rings (SSSR count). The molecular formula is C10H14N2O4S. The van der Waals surface area contributed by atoms with Crippen molar-refractivity contribution in [2.45, 2.75) is 17.9 Å². The van der Waals surface area contributed by atoms with Crippen LogP contribution in [0.2, 0.25) is 0 Å². The first-order chi connectivity index (χ1) is 7.86. The van der Waals surface area contributed by atoms with Crippen LogP contribution in [-0.2, 0) is 16.3 Å². The van der Waals surface area contributed by atoms with Gasteiger partial charge in [-0.25, -0.2) is 13.4 Å². The summed E-state index contributed by atoms with van der Waals surface area (Å²) in [6, 6.07) is 1.32. The molecule has 0 aliphatic heterocycles. The molecule has 0 saturated carbocycles. The van der Waals surface area contributed by atoms with Gasteiger partial charge in [0.15, 0.2) is 14.9 Å². The van der Waals surface area contributed by atoms with Crippen LogP contribution in [-0.4, -0.2) is 37.3 Å². The Hall–Kier alpha value is -1.47. The van der Waals surface area contributed by atoms with Crippen molar-refractivity contribution in [2.75, 3.05) is 12.9 Å².